The van der Waals surface area contributed by atoms with Gasteiger partial charge < -0.3 is 5.73 Å². The van der Waals surface area contributed by atoms with Crippen LogP contribution in [0, 0.1) is 0 Å². The number of nitrogens with zero attached hydrogens (tertiary/aromatic N) is 1. The number of hydrogen-bond donors (Lipinski definition) is 1. The molecular weight excluding hydrogens is 276 g/mol. The van der Waals surface area contributed by atoms with Crippen LogP contribution in [-0.4, -0.2) is 57.0 Å². The fraction of sp³-hybridized carbons (Fsp3) is 1.00. The molecule has 2 atom stereocenters. The van der Waals surface area contributed by atoms with E-state index < -0.39 is 19.9 Å². The van der Waals surface area contributed by atoms with Crippen LogP contribution in [0.1, 0.15) is 25.7 Å². The summed E-state index contributed by atoms with van der Waals surface area (Å²) in [6.07, 6.45) is 4.12. The van der Waals surface area contributed by atoms with E-state index in [1.807, 2.05) is 0 Å². The molecule has 0 spiro atoms. The number of rotatable bonds is 4. The van der Waals surface area contributed by atoms with Crippen molar-refractivity contribution >= 4 is 19.9 Å². The molecule has 2 aliphatic heterocycles. The molecule has 106 valence electrons. The van der Waals surface area contributed by atoms with E-state index >= 15 is 0 Å². The predicted octanol–water partition coefficient (Wildman–Crippen LogP) is -0.685. The van der Waals surface area contributed by atoms with Gasteiger partial charge in [-0.15, -0.1) is 0 Å². The first-order valence-corrected chi connectivity index (χ1v) is 9.80. The van der Waals surface area contributed by atoms with Crippen LogP contribution in [-0.2, 0) is 19.9 Å². The number of nitrogens with two attached hydrogens (primary N) is 1. The van der Waals surface area contributed by atoms with E-state index in [0.29, 0.717) is 12.8 Å². The molecule has 2 saturated heterocycles. The predicted molar refractivity (Wildman–Crippen MR) is 69.4 cm³/mol. The van der Waals surface area contributed by atoms with Gasteiger partial charge >= 0.3 is 0 Å². The Hall–Kier alpha value is -0.180. The Balaban J connectivity index is 2.12. The molecule has 2 rings (SSSR count). The first-order valence-electron chi connectivity index (χ1n) is 6.13. The summed E-state index contributed by atoms with van der Waals surface area (Å²) in [5.41, 5.74) is 5.89. The molecule has 2 heterocycles. The standard InChI is InChI=1S/C10H20N2O4S2/c1-17(13,14)4-5-18(15,16)12-9-2-3-10(12)7-8(11)6-9/h8-10H,2-7,11H2,1H3. The highest BCUT2D eigenvalue weighted by molar-refractivity contribution is 7.93. The summed E-state index contributed by atoms with van der Waals surface area (Å²) in [6, 6.07) is 0.0236. The number of hydrogen-bond acceptors (Lipinski definition) is 5. The SMILES string of the molecule is CS(=O)(=O)CCS(=O)(=O)N1C2CCC1CC(N)C2. The minimum Gasteiger partial charge on any atom is -0.328 e. The Bertz CT molecular complexity index is 500. The Kier molecular flexibility index (Phi) is 3.74. The van der Waals surface area contributed by atoms with Gasteiger partial charge in [-0.25, -0.2) is 16.8 Å². The zero-order valence-corrected chi connectivity index (χ0v) is 12.1. The second kappa shape index (κ2) is 4.73. The Morgan fingerprint density at radius 2 is 1.56 bits per heavy atom. The summed E-state index contributed by atoms with van der Waals surface area (Å²) in [5, 5.41) is 0. The van der Waals surface area contributed by atoms with Gasteiger partial charge in [0.1, 0.15) is 9.84 Å². The van der Waals surface area contributed by atoms with Gasteiger partial charge in [-0.1, -0.05) is 0 Å². The summed E-state index contributed by atoms with van der Waals surface area (Å²) >= 11 is 0. The first kappa shape index (κ1) is 14.2. The average molecular weight is 296 g/mol. The fourth-order valence-electron chi connectivity index (χ4n) is 2.99. The van der Waals surface area contributed by atoms with Crippen LogP contribution in [0.5, 0.6) is 0 Å². The molecule has 6 nitrogen and oxygen atoms in total. The molecule has 0 radical (unpaired) electrons. The van der Waals surface area contributed by atoms with Crippen molar-refractivity contribution < 1.29 is 16.8 Å². The number of sulfonamides is 1. The molecule has 2 bridgehead atoms. The average Bonchev–Trinajstić information content (AvgIpc) is 2.49. The zero-order chi connectivity index (χ0) is 13.6. The van der Waals surface area contributed by atoms with Crippen molar-refractivity contribution in [3.63, 3.8) is 0 Å². The van der Waals surface area contributed by atoms with Gasteiger partial charge in [0.25, 0.3) is 0 Å². The molecule has 0 saturated carbocycles. The van der Waals surface area contributed by atoms with E-state index in [-0.39, 0.29) is 29.6 Å². The van der Waals surface area contributed by atoms with E-state index in [4.69, 9.17) is 5.73 Å². The number of sulfone groups is 1. The van der Waals surface area contributed by atoms with Crippen molar-refractivity contribution in [3.05, 3.63) is 0 Å². The van der Waals surface area contributed by atoms with Gasteiger partial charge in [0.2, 0.25) is 10.0 Å². The molecule has 0 amide bonds. The highest BCUT2D eigenvalue weighted by Gasteiger charge is 2.45. The van der Waals surface area contributed by atoms with Crippen LogP contribution >= 0.6 is 0 Å². The second-order valence-electron chi connectivity index (χ2n) is 5.39. The minimum absolute atomic E-state index is 0.0247. The summed E-state index contributed by atoms with van der Waals surface area (Å²) in [7, 11) is -6.73. The quantitative estimate of drug-likeness (QED) is 0.741. The molecule has 0 aliphatic carbocycles. The minimum atomic E-state index is -3.48. The monoisotopic (exact) mass is 296 g/mol. The Morgan fingerprint density at radius 3 is 2.00 bits per heavy atom. The van der Waals surface area contributed by atoms with Crippen LogP contribution in [0.2, 0.25) is 0 Å². The van der Waals surface area contributed by atoms with Gasteiger partial charge in [-0.2, -0.15) is 4.31 Å². The van der Waals surface area contributed by atoms with Crippen LogP contribution in [0.15, 0.2) is 0 Å². The largest absolute Gasteiger partial charge is 0.328 e. The molecule has 2 fully saturated rings. The first-order chi connectivity index (χ1) is 8.19. The topological polar surface area (TPSA) is 97.5 Å². The van der Waals surface area contributed by atoms with E-state index in [2.05, 4.69) is 0 Å². The maximum Gasteiger partial charge on any atom is 0.215 e. The molecule has 18 heavy (non-hydrogen) atoms. The maximum absolute atomic E-state index is 12.2. The molecule has 2 unspecified atom stereocenters. The summed E-state index contributed by atoms with van der Waals surface area (Å²) in [4.78, 5) is 0. The Morgan fingerprint density at radius 1 is 1.06 bits per heavy atom. The lowest BCUT2D eigenvalue weighted by atomic mass is 10.0. The highest BCUT2D eigenvalue weighted by atomic mass is 32.2. The maximum atomic E-state index is 12.2. The van der Waals surface area contributed by atoms with E-state index in [1.54, 1.807) is 0 Å². The van der Waals surface area contributed by atoms with Crippen molar-refractivity contribution in [1.29, 1.82) is 0 Å². The van der Waals surface area contributed by atoms with Crippen LogP contribution < -0.4 is 5.73 Å². The van der Waals surface area contributed by atoms with Crippen molar-refractivity contribution in [2.24, 2.45) is 5.73 Å². The van der Waals surface area contributed by atoms with Gasteiger partial charge in [-0.05, 0) is 25.7 Å². The molecular formula is C10H20N2O4S2. The molecule has 8 heteroatoms. The van der Waals surface area contributed by atoms with Crippen LogP contribution in [0.4, 0.5) is 0 Å². The van der Waals surface area contributed by atoms with Crippen molar-refractivity contribution in [2.75, 3.05) is 17.8 Å². The van der Waals surface area contributed by atoms with Gasteiger partial charge in [0.05, 0.1) is 11.5 Å². The molecule has 2 N–H and O–H groups in total. The summed E-state index contributed by atoms with van der Waals surface area (Å²) < 4.78 is 48.1. The summed E-state index contributed by atoms with van der Waals surface area (Å²) in [5.74, 6) is -0.620. The third-order valence-corrected chi connectivity index (χ3v) is 6.90. The van der Waals surface area contributed by atoms with E-state index in [1.165, 1.54) is 4.31 Å². The smallest absolute Gasteiger partial charge is 0.215 e. The molecule has 0 aromatic heterocycles. The third-order valence-electron chi connectivity index (χ3n) is 3.74. The van der Waals surface area contributed by atoms with Crippen LogP contribution in [0.3, 0.4) is 0 Å². The van der Waals surface area contributed by atoms with Crippen LogP contribution in [0.25, 0.3) is 0 Å². The lowest BCUT2D eigenvalue weighted by Gasteiger charge is -2.36. The zero-order valence-electron chi connectivity index (χ0n) is 10.4. The molecule has 0 aromatic carbocycles. The van der Waals surface area contributed by atoms with E-state index in [9.17, 15) is 16.8 Å². The number of fused-ring (bicyclic) bond motifs is 2. The number of piperidine rings is 1. The molecule has 0 aromatic rings. The van der Waals surface area contributed by atoms with Gasteiger partial charge in [0, 0.05) is 24.4 Å². The van der Waals surface area contributed by atoms with Gasteiger partial charge in [0.15, 0.2) is 0 Å². The van der Waals surface area contributed by atoms with Crippen molar-refractivity contribution in [1.82, 2.24) is 4.31 Å². The van der Waals surface area contributed by atoms with Gasteiger partial charge in [-0.3, -0.25) is 0 Å². The lowest BCUT2D eigenvalue weighted by Crippen LogP contribution is -2.51. The molecule has 2 aliphatic rings. The third kappa shape index (κ3) is 3.04. The fourth-order valence-corrected chi connectivity index (χ4v) is 6.55. The normalized spacial score (nSPS) is 33.8. The second-order valence-corrected chi connectivity index (χ2v) is 9.65. The lowest BCUT2D eigenvalue weighted by molar-refractivity contribution is 0.227. The van der Waals surface area contributed by atoms with Crippen molar-refractivity contribution in [3.8, 4) is 0 Å². The Labute approximate surface area is 108 Å². The van der Waals surface area contributed by atoms with Crippen molar-refractivity contribution in [2.45, 2.75) is 43.8 Å². The summed E-state index contributed by atoms with van der Waals surface area (Å²) in [6.45, 7) is 0. The van der Waals surface area contributed by atoms with E-state index in [0.717, 1.165) is 19.1 Å². The highest BCUT2D eigenvalue weighted by Crippen LogP contribution is 2.37.